The molecule has 0 unspecified atom stereocenters. The second-order valence-corrected chi connectivity index (χ2v) is 10.0. The highest BCUT2D eigenvalue weighted by molar-refractivity contribution is 7.90. The second-order valence-electron chi connectivity index (χ2n) is 7.86. The number of urea groups is 1. The number of aryl methyl sites for hydroxylation is 1. The van der Waals surface area contributed by atoms with Gasteiger partial charge in [0.05, 0.1) is 23.8 Å². The zero-order valence-corrected chi connectivity index (χ0v) is 19.3. The van der Waals surface area contributed by atoms with Crippen LogP contribution in [-0.2, 0) is 9.84 Å². The Labute approximate surface area is 196 Å². The van der Waals surface area contributed by atoms with Crippen LogP contribution in [0.4, 0.5) is 38.4 Å². The molecule has 0 radical (unpaired) electrons. The Morgan fingerprint density at radius 2 is 1.80 bits per heavy atom. The number of nitrogens with one attached hydrogen (secondary N) is 3. The van der Waals surface area contributed by atoms with Crippen LogP contribution in [0.2, 0.25) is 0 Å². The summed E-state index contributed by atoms with van der Waals surface area (Å²) in [7, 11) is -3.25. The summed E-state index contributed by atoms with van der Waals surface area (Å²) in [5, 5.41) is 6.37. The van der Waals surface area contributed by atoms with Gasteiger partial charge in [0.15, 0.2) is 17.4 Å². The van der Waals surface area contributed by atoms with Gasteiger partial charge < -0.3 is 20.4 Å². The van der Waals surface area contributed by atoms with Crippen LogP contribution in [0.5, 0.6) is 0 Å². The van der Waals surface area contributed by atoms with Gasteiger partial charge >= 0.3 is 12.2 Å². The number of furan rings is 1. The first kappa shape index (κ1) is 26.1. The highest BCUT2D eigenvalue weighted by Gasteiger charge is 2.45. The van der Waals surface area contributed by atoms with E-state index in [2.05, 4.69) is 20.6 Å². The van der Waals surface area contributed by atoms with Gasteiger partial charge in [-0.1, -0.05) is 0 Å². The zero-order chi connectivity index (χ0) is 26.1. The number of halogens is 5. The smallest absolute Gasteiger partial charge is 0.416 e. The molecule has 0 spiro atoms. The van der Waals surface area contributed by atoms with E-state index in [4.69, 9.17) is 4.42 Å². The molecular weight excluding hydrogens is 501 g/mol. The first-order valence-electron chi connectivity index (χ1n) is 9.92. The van der Waals surface area contributed by atoms with Gasteiger partial charge in [-0.05, 0) is 19.9 Å². The molecule has 15 heteroatoms. The molecule has 3 rings (SSSR count). The third-order valence-electron chi connectivity index (χ3n) is 4.70. The van der Waals surface area contributed by atoms with Crippen molar-refractivity contribution < 1.29 is 39.6 Å². The minimum absolute atomic E-state index is 0.0347. The molecule has 0 aliphatic carbocycles. The molecule has 3 N–H and O–H groups in total. The maximum absolute atomic E-state index is 14.0. The first-order valence-corrected chi connectivity index (χ1v) is 12.0. The van der Waals surface area contributed by atoms with Crippen LogP contribution in [-0.4, -0.2) is 48.6 Å². The lowest BCUT2D eigenvalue weighted by Crippen LogP contribution is -2.40. The average Bonchev–Trinajstić information content (AvgIpc) is 3.02. The molecule has 0 fully saturated rings. The molecule has 190 valence electrons. The summed E-state index contributed by atoms with van der Waals surface area (Å²) in [6, 6.07) is -3.19. The molecule has 0 saturated heterocycles. The van der Waals surface area contributed by atoms with Crippen LogP contribution in [0, 0.1) is 18.6 Å². The van der Waals surface area contributed by atoms with E-state index in [1.54, 1.807) is 12.2 Å². The Bertz CT molecular complexity index is 1340. The van der Waals surface area contributed by atoms with Crippen molar-refractivity contribution in [1.29, 1.82) is 0 Å². The molecule has 9 nitrogen and oxygen atoms in total. The van der Waals surface area contributed by atoms with E-state index in [0.717, 1.165) is 24.7 Å². The van der Waals surface area contributed by atoms with Crippen LogP contribution in [0.25, 0.3) is 11.0 Å². The van der Waals surface area contributed by atoms with Crippen molar-refractivity contribution in [3.63, 3.8) is 0 Å². The summed E-state index contributed by atoms with van der Waals surface area (Å²) in [6.45, 7) is 2.77. The molecular formula is C20H20F5N5O4S. The molecule has 2 heterocycles. The molecule has 2 aromatic heterocycles. The van der Waals surface area contributed by atoms with Crippen molar-refractivity contribution in [2.24, 2.45) is 0 Å². The highest BCUT2D eigenvalue weighted by Crippen LogP contribution is 2.39. The zero-order valence-electron chi connectivity index (χ0n) is 18.5. The number of benzene rings is 1. The van der Waals surface area contributed by atoms with Gasteiger partial charge in [-0.25, -0.2) is 32.0 Å². The third-order valence-corrected chi connectivity index (χ3v) is 5.80. The van der Waals surface area contributed by atoms with E-state index in [9.17, 15) is 35.2 Å². The molecule has 0 aliphatic rings. The normalized spacial score (nSPS) is 13.9. The fraction of sp³-hybridized carbons (Fsp3) is 0.350. The number of rotatable bonds is 7. The Morgan fingerprint density at radius 3 is 2.37 bits per heavy atom. The largest absolute Gasteiger partial charge is 0.455 e. The topological polar surface area (TPSA) is 126 Å². The Balaban J connectivity index is 1.75. The number of hydrogen-bond donors (Lipinski definition) is 3. The second kappa shape index (κ2) is 9.64. The number of sulfone groups is 1. The van der Waals surface area contributed by atoms with Gasteiger partial charge in [0.2, 0.25) is 5.95 Å². The van der Waals surface area contributed by atoms with Crippen LogP contribution in [0.15, 0.2) is 28.9 Å². The van der Waals surface area contributed by atoms with E-state index in [0.29, 0.717) is 6.07 Å². The lowest BCUT2D eigenvalue weighted by Gasteiger charge is -2.20. The summed E-state index contributed by atoms with van der Waals surface area (Å²) in [6.07, 6.45) is -1.79. The number of nitrogens with zero attached hydrogens (tertiary/aromatic N) is 2. The minimum atomic E-state index is -5.04. The molecule has 0 saturated carbocycles. The standard InChI is InChI=1S/C20H20F5N5O4S/c1-9(8-35(3,32)33)28-18-26-6-12(7-27-18)29-19(31)30-17(20(23,24)25)15-10(2)13-4-11(21)5-14(22)16(13)34-15/h4-7,9,17H,8H2,1-3H3,(H,26,27,28)(H2,29,30,31)/t9-,17-/m0/s1. The molecule has 3 aromatic rings. The van der Waals surface area contributed by atoms with Crippen molar-refractivity contribution in [2.45, 2.75) is 32.1 Å². The van der Waals surface area contributed by atoms with Gasteiger partial charge in [-0.3, -0.25) is 0 Å². The molecule has 2 amide bonds. The van der Waals surface area contributed by atoms with Crippen molar-refractivity contribution in [1.82, 2.24) is 15.3 Å². The van der Waals surface area contributed by atoms with Crippen molar-refractivity contribution >= 4 is 38.5 Å². The first-order chi connectivity index (χ1) is 16.1. The minimum Gasteiger partial charge on any atom is -0.455 e. The van der Waals surface area contributed by atoms with E-state index in [-0.39, 0.29) is 28.3 Å². The summed E-state index contributed by atoms with van der Waals surface area (Å²) < 4.78 is 96.4. The van der Waals surface area contributed by atoms with Gasteiger partial charge in [-0.15, -0.1) is 0 Å². The summed E-state index contributed by atoms with van der Waals surface area (Å²) in [4.78, 5) is 20.0. The average molecular weight is 521 g/mol. The number of amides is 2. The van der Waals surface area contributed by atoms with Gasteiger partial charge in [-0.2, -0.15) is 13.2 Å². The SMILES string of the molecule is Cc1c([C@H](NC(=O)Nc2cnc(N[C@@H](C)CS(C)(=O)=O)nc2)C(F)(F)F)oc2c(F)cc(F)cc12. The molecule has 0 aliphatic heterocycles. The van der Waals surface area contributed by atoms with Crippen LogP contribution in [0.1, 0.15) is 24.3 Å². The number of carbonyl (C=O) groups is 1. The highest BCUT2D eigenvalue weighted by atomic mass is 32.2. The maximum Gasteiger partial charge on any atom is 0.416 e. The van der Waals surface area contributed by atoms with Gasteiger partial charge in [0, 0.05) is 29.3 Å². The van der Waals surface area contributed by atoms with E-state index >= 15 is 0 Å². The van der Waals surface area contributed by atoms with Crippen molar-refractivity contribution in [3.05, 3.63) is 47.5 Å². The number of alkyl halides is 3. The predicted molar refractivity (Wildman–Crippen MR) is 117 cm³/mol. The molecule has 1 aromatic carbocycles. The fourth-order valence-corrected chi connectivity index (χ4v) is 4.31. The van der Waals surface area contributed by atoms with Gasteiger partial charge in [0.1, 0.15) is 21.4 Å². The van der Waals surface area contributed by atoms with E-state index < -0.39 is 57.1 Å². The third kappa shape index (κ3) is 6.55. The summed E-state index contributed by atoms with van der Waals surface area (Å²) >= 11 is 0. The van der Waals surface area contributed by atoms with Crippen LogP contribution < -0.4 is 16.0 Å². The van der Waals surface area contributed by atoms with E-state index in [1.807, 2.05) is 0 Å². The van der Waals surface area contributed by atoms with E-state index in [1.165, 1.54) is 6.92 Å². The van der Waals surface area contributed by atoms with Crippen LogP contribution >= 0.6 is 0 Å². The van der Waals surface area contributed by atoms with Gasteiger partial charge in [0.25, 0.3) is 0 Å². The van der Waals surface area contributed by atoms with Crippen molar-refractivity contribution in [2.75, 3.05) is 22.6 Å². The Morgan fingerprint density at radius 1 is 1.17 bits per heavy atom. The Kier molecular flexibility index (Phi) is 7.19. The Hall–Kier alpha value is -3.49. The lowest BCUT2D eigenvalue weighted by molar-refractivity contribution is -0.158. The lowest BCUT2D eigenvalue weighted by atomic mass is 10.1. The quantitative estimate of drug-likeness (QED) is 0.400. The number of anilines is 2. The fourth-order valence-electron chi connectivity index (χ4n) is 3.31. The molecule has 35 heavy (non-hydrogen) atoms. The maximum atomic E-state index is 14.0. The number of hydrogen-bond acceptors (Lipinski definition) is 7. The number of carbonyl (C=O) groups excluding carboxylic acids is 1. The number of aromatic nitrogens is 2. The number of fused-ring (bicyclic) bond motifs is 1. The predicted octanol–water partition coefficient (Wildman–Crippen LogP) is 4.08. The van der Waals surface area contributed by atoms with Crippen molar-refractivity contribution in [3.8, 4) is 0 Å². The summed E-state index contributed by atoms with van der Waals surface area (Å²) in [5.74, 6) is -3.13. The monoisotopic (exact) mass is 521 g/mol. The van der Waals surface area contributed by atoms with Crippen LogP contribution in [0.3, 0.4) is 0 Å². The molecule has 0 bridgehead atoms. The summed E-state index contributed by atoms with van der Waals surface area (Å²) in [5.41, 5.74) is -0.834. The molecule has 2 atom stereocenters.